The third-order valence-electron chi connectivity index (χ3n) is 3.79. The second kappa shape index (κ2) is 8.85. The Bertz CT molecular complexity index is 864. The van der Waals surface area contributed by atoms with Crippen molar-refractivity contribution >= 4 is 23.4 Å². The van der Waals surface area contributed by atoms with Crippen LogP contribution in [-0.4, -0.2) is 27.6 Å². The predicted molar refractivity (Wildman–Crippen MR) is 103 cm³/mol. The molecule has 2 aromatic carbocycles. The van der Waals surface area contributed by atoms with Crippen molar-refractivity contribution in [1.29, 1.82) is 0 Å². The zero-order chi connectivity index (χ0) is 20.7. The van der Waals surface area contributed by atoms with Gasteiger partial charge in [0.05, 0.1) is 4.92 Å². The minimum atomic E-state index is -0.925. The Kier molecular flexibility index (Phi) is 6.54. The van der Waals surface area contributed by atoms with Gasteiger partial charge in [-0.15, -0.1) is 0 Å². The van der Waals surface area contributed by atoms with Crippen molar-refractivity contribution in [2.75, 3.05) is 5.32 Å². The number of nitro benzene ring substituents is 1. The van der Waals surface area contributed by atoms with E-state index >= 15 is 0 Å². The number of ether oxygens (including phenoxy) is 1. The van der Waals surface area contributed by atoms with Crippen LogP contribution in [0.25, 0.3) is 0 Å². The lowest BCUT2D eigenvalue weighted by molar-refractivity contribution is -0.384. The molecule has 2 amide bonds. The molecule has 0 heterocycles. The van der Waals surface area contributed by atoms with Gasteiger partial charge >= 0.3 is 12.0 Å². The number of hydrogen-bond acceptors (Lipinski definition) is 5. The summed E-state index contributed by atoms with van der Waals surface area (Å²) in [5.41, 5.74) is -0.245. The number of amides is 2. The fourth-order valence-electron chi connectivity index (χ4n) is 2.36. The highest BCUT2D eigenvalue weighted by Crippen LogP contribution is 2.26. The van der Waals surface area contributed by atoms with Crippen molar-refractivity contribution in [3.8, 4) is 11.5 Å². The Morgan fingerprint density at radius 2 is 1.82 bits per heavy atom. The third-order valence-corrected chi connectivity index (χ3v) is 3.79. The van der Waals surface area contributed by atoms with E-state index in [1.165, 1.54) is 24.3 Å². The number of urea groups is 1. The number of anilines is 1. The highest BCUT2D eigenvalue weighted by atomic mass is 16.6. The smallest absolute Gasteiger partial charge is 0.319 e. The van der Waals surface area contributed by atoms with Gasteiger partial charge < -0.3 is 20.5 Å². The molecule has 148 valence electrons. The number of nitro groups is 1. The van der Waals surface area contributed by atoms with Gasteiger partial charge in [0.25, 0.3) is 5.69 Å². The van der Waals surface area contributed by atoms with Crippen molar-refractivity contribution in [2.24, 2.45) is 0 Å². The van der Waals surface area contributed by atoms with E-state index in [-0.39, 0.29) is 12.1 Å². The second-order valence-electron chi connectivity index (χ2n) is 6.74. The maximum absolute atomic E-state index is 12.2. The molecule has 0 saturated carbocycles. The number of carboxylic acids is 1. The molecule has 0 atom stereocenters. The monoisotopic (exact) mass is 387 g/mol. The highest BCUT2D eigenvalue weighted by molar-refractivity contribution is 5.90. The zero-order valence-corrected chi connectivity index (χ0v) is 15.5. The number of carbonyl (C=O) groups is 2. The number of benzene rings is 2. The number of hydrogen-bond donors (Lipinski definition) is 3. The molecule has 0 unspecified atom stereocenters. The van der Waals surface area contributed by atoms with Crippen molar-refractivity contribution in [3.63, 3.8) is 0 Å². The van der Waals surface area contributed by atoms with E-state index in [1.807, 2.05) is 0 Å². The molecule has 0 spiro atoms. The van der Waals surface area contributed by atoms with Gasteiger partial charge in [0, 0.05) is 35.8 Å². The Labute approximate surface area is 161 Å². The van der Waals surface area contributed by atoms with E-state index in [2.05, 4.69) is 10.6 Å². The summed E-state index contributed by atoms with van der Waals surface area (Å²) in [5.74, 6) is -0.0647. The van der Waals surface area contributed by atoms with Crippen LogP contribution in [0.1, 0.15) is 26.7 Å². The van der Waals surface area contributed by atoms with Gasteiger partial charge in [-0.3, -0.25) is 14.9 Å². The van der Waals surface area contributed by atoms with E-state index in [0.717, 1.165) is 0 Å². The molecule has 0 saturated heterocycles. The Hall–Kier alpha value is -3.62. The molecular weight excluding hydrogens is 366 g/mol. The molecule has 9 nitrogen and oxygen atoms in total. The maximum Gasteiger partial charge on any atom is 0.319 e. The van der Waals surface area contributed by atoms with Crippen molar-refractivity contribution in [2.45, 2.75) is 32.2 Å². The molecule has 0 aromatic heterocycles. The average molecular weight is 387 g/mol. The van der Waals surface area contributed by atoms with Crippen LogP contribution in [0.3, 0.4) is 0 Å². The van der Waals surface area contributed by atoms with Gasteiger partial charge in [-0.2, -0.15) is 0 Å². The molecule has 0 aliphatic heterocycles. The summed E-state index contributed by atoms with van der Waals surface area (Å²) >= 11 is 0. The van der Waals surface area contributed by atoms with Crippen LogP contribution >= 0.6 is 0 Å². The first kappa shape index (κ1) is 20.7. The molecule has 28 heavy (non-hydrogen) atoms. The van der Waals surface area contributed by atoms with Gasteiger partial charge in [0.2, 0.25) is 0 Å². The third kappa shape index (κ3) is 6.60. The lowest BCUT2D eigenvalue weighted by Crippen LogP contribution is -2.45. The van der Waals surface area contributed by atoms with E-state index < -0.39 is 22.5 Å². The fraction of sp³-hybridized carbons (Fsp3) is 0.263. The number of carboxylic acid groups (broad SMARTS) is 1. The molecule has 0 radical (unpaired) electrons. The molecule has 3 N–H and O–H groups in total. The van der Waals surface area contributed by atoms with Gasteiger partial charge in [-0.05, 0) is 44.5 Å². The first-order valence-electron chi connectivity index (χ1n) is 8.48. The SMILES string of the molecule is CC(C)(CCC(=O)O)NC(=O)Nc1cccc(Oc2ccc([N+](=O)[O-])cc2)c1. The summed E-state index contributed by atoms with van der Waals surface area (Å²) in [7, 11) is 0. The minimum absolute atomic E-state index is 0.0371. The predicted octanol–water partition coefficient (Wildman–Crippen LogP) is 4.15. The lowest BCUT2D eigenvalue weighted by Gasteiger charge is -2.25. The van der Waals surface area contributed by atoms with Crippen molar-refractivity contribution in [1.82, 2.24) is 5.32 Å². The van der Waals surface area contributed by atoms with E-state index in [4.69, 9.17) is 9.84 Å². The summed E-state index contributed by atoms with van der Waals surface area (Å²) in [6.07, 6.45) is 0.241. The second-order valence-corrected chi connectivity index (χ2v) is 6.74. The van der Waals surface area contributed by atoms with Crippen LogP contribution < -0.4 is 15.4 Å². The lowest BCUT2D eigenvalue weighted by atomic mass is 9.99. The molecule has 0 aliphatic rings. The standard InChI is InChI=1S/C19H21N3O6/c1-19(2,11-10-17(23)24)21-18(25)20-13-4-3-5-16(12-13)28-15-8-6-14(7-9-15)22(26)27/h3-9,12H,10-11H2,1-2H3,(H,23,24)(H2,20,21,25). The number of carbonyl (C=O) groups excluding carboxylic acids is 1. The number of nitrogens with zero attached hydrogens (tertiary/aromatic N) is 1. The Balaban J connectivity index is 1.97. The number of aliphatic carboxylic acids is 1. The van der Waals surface area contributed by atoms with Crippen molar-refractivity contribution < 1.29 is 24.4 Å². The topological polar surface area (TPSA) is 131 Å². The Morgan fingerprint density at radius 3 is 2.43 bits per heavy atom. The highest BCUT2D eigenvalue weighted by Gasteiger charge is 2.21. The van der Waals surface area contributed by atoms with Crippen molar-refractivity contribution in [3.05, 3.63) is 58.6 Å². The first-order valence-corrected chi connectivity index (χ1v) is 8.48. The number of rotatable bonds is 8. The quantitative estimate of drug-likeness (QED) is 0.461. The normalized spacial score (nSPS) is 10.8. The van der Waals surface area contributed by atoms with Gasteiger partial charge in [0.1, 0.15) is 11.5 Å². The molecule has 0 aliphatic carbocycles. The number of nitrogens with one attached hydrogen (secondary N) is 2. The van der Waals surface area contributed by atoms with Crippen LogP contribution in [0, 0.1) is 10.1 Å². The van der Waals surface area contributed by atoms with Crippen LogP contribution in [0.5, 0.6) is 11.5 Å². The van der Waals surface area contributed by atoms with Gasteiger partial charge in [-0.1, -0.05) is 6.07 Å². The van der Waals surface area contributed by atoms with E-state index in [0.29, 0.717) is 23.6 Å². The van der Waals surface area contributed by atoms with E-state index in [9.17, 15) is 19.7 Å². The largest absolute Gasteiger partial charge is 0.481 e. The maximum atomic E-state index is 12.2. The fourth-order valence-corrected chi connectivity index (χ4v) is 2.36. The van der Waals surface area contributed by atoms with Crippen LogP contribution in [0.2, 0.25) is 0 Å². The number of non-ortho nitro benzene ring substituents is 1. The summed E-state index contributed by atoms with van der Waals surface area (Å²) in [4.78, 5) is 33.0. The molecule has 9 heteroatoms. The summed E-state index contributed by atoms with van der Waals surface area (Å²) < 4.78 is 5.64. The van der Waals surface area contributed by atoms with Crippen LogP contribution in [0.15, 0.2) is 48.5 Å². The first-order chi connectivity index (χ1) is 13.1. The zero-order valence-electron chi connectivity index (χ0n) is 15.5. The molecule has 2 aromatic rings. The summed E-state index contributed by atoms with van der Waals surface area (Å²) in [6, 6.07) is 11.8. The molecule has 2 rings (SSSR count). The average Bonchev–Trinajstić information content (AvgIpc) is 2.60. The molecule has 0 bridgehead atoms. The van der Waals surface area contributed by atoms with E-state index in [1.54, 1.807) is 38.1 Å². The summed E-state index contributed by atoms with van der Waals surface area (Å²) in [6.45, 7) is 3.48. The van der Waals surface area contributed by atoms with Crippen LogP contribution in [-0.2, 0) is 4.79 Å². The molecular formula is C19H21N3O6. The van der Waals surface area contributed by atoms with Gasteiger partial charge in [0.15, 0.2) is 0 Å². The minimum Gasteiger partial charge on any atom is -0.481 e. The van der Waals surface area contributed by atoms with Gasteiger partial charge in [-0.25, -0.2) is 4.79 Å². The summed E-state index contributed by atoms with van der Waals surface area (Å²) in [5, 5.41) is 24.8. The Morgan fingerprint density at radius 1 is 1.14 bits per heavy atom. The van der Waals surface area contributed by atoms with Crippen LogP contribution in [0.4, 0.5) is 16.2 Å². The molecule has 0 fully saturated rings.